The van der Waals surface area contributed by atoms with E-state index in [2.05, 4.69) is 35.2 Å². The van der Waals surface area contributed by atoms with Gasteiger partial charge in [-0.2, -0.15) is 0 Å². The van der Waals surface area contributed by atoms with Gasteiger partial charge in [-0.3, -0.25) is 4.79 Å². The molecular weight excluding hydrogens is 272 g/mol. The molecule has 1 saturated carbocycles. The highest BCUT2D eigenvalue weighted by atomic mass is 16.2. The quantitative estimate of drug-likeness (QED) is 0.928. The van der Waals surface area contributed by atoms with Crippen molar-refractivity contribution in [2.45, 2.75) is 63.5 Å². The smallest absolute Gasteiger partial charge is 0.225 e. The lowest BCUT2D eigenvalue weighted by Gasteiger charge is -2.32. The second-order valence-corrected chi connectivity index (χ2v) is 6.98. The number of likely N-dealkylation sites (tertiary alicyclic amines) is 1. The molecule has 0 unspecified atom stereocenters. The lowest BCUT2D eigenvalue weighted by molar-refractivity contribution is -0.137. The molecule has 1 amide bonds. The van der Waals surface area contributed by atoms with E-state index >= 15 is 0 Å². The molecular formula is C19H28N2O. The van der Waals surface area contributed by atoms with Gasteiger partial charge in [0.05, 0.1) is 0 Å². The van der Waals surface area contributed by atoms with Crippen LogP contribution in [0.3, 0.4) is 0 Å². The predicted octanol–water partition coefficient (Wildman–Crippen LogP) is 3.13. The number of aryl methyl sites for hydroxylation is 1. The normalized spacial score (nSPS) is 28.8. The number of hydrogen-bond donors (Lipinski definition) is 1. The Morgan fingerprint density at radius 3 is 2.73 bits per heavy atom. The van der Waals surface area contributed by atoms with E-state index in [1.807, 2.05) is 0 Å². The van der Waals surface area contributed by atoms with Crippen molar-refractivity contribution in [2.75, 3.05) is 6.54 Å². The van der Waals surface area contributed by atoms with Crippen molar-refractivity contribution < 1.29 is 4.79 Å². The molecule has 1 aliphatic heterocycles. The zero-order valence-corrected chi connectivity index (χ0v) is 13.4. The summed E-state index contributed by atoms with van der Waals surface area (Å²) in [6.45, 7) is 0.948. The molecule has 2 aliphatic rings. The molecule has 22 heavy (non-hydrogen) atoms. The Labute approximate surface area is 133 Å². The van der Waals surface area contributed by atoms with Crippen molar-refractivity contribution in [3.8, 4) is 0 Å². The third-order valence-corrected chi connectivity index (χ3v) is 5.33. The highest BCUT2D eigenvalue weighted by Gasteiger charge is 2.34. The van der Waals surface area contributed by atoms with Crippen molar-refractivity contribution in [3.63, 3.8) is 0 Å². The molecule has 1 aromatic rings. The largest absolute Gasteiger partial charge is 0.339 e. The summed E-state index contributed by atoms with van der Waals surface area (Å²) in [4.78, 5) is 15.0. The number of carbonyl (C=O) groups excluding carboxylic acids is 1. The third kappa shape index (κ3) is 3.70. The first kappa shape index (κ1) is 15.5. The van der Waals surface area contributed by atoms with Gasteiger partial charge in [0.2, 0.25) is 5.91 Å². The van der Waals surface area contributed by atoms with E-state index in [-0.39, 0.29) is 12.0 Å². The van der Waals surface area contributed by atoms with Crippen LogP contribution < -0.4 is 5.73 Å². The SMILES string of the molecule is N[C@@H]1CCC[C@H](C(=O)N2CCC[C@H]2CCc2ccccc2)C1. The molecule has 1 saturated heterocycles. The van der Waals surface area contributed by atoms with Crippen LogP contribution in [0.15, 0.2) is 30.3 Å². The second-order valence-electron chi connectivity index (χ2n) is 6.98. The molecule has 2 fully saturated rings. The maximum absolute atomic E-state index is 12.8. The Kier molecular flexibility index (Phi) is 5.14. The molecule has 0 bridgehead atoms. The number of nitrogens with zero attached hydrogens (tertiary/aromatic N) is 1. The lowest BCUT2D eigenvalue weighted by Crippen LogP contribution is -2.43. The van der Waals surface area contributed by atoms with Crippen LogP contribution in [0.25, 0.3) is 0 Å². The van der Waals surface area contributed by atoms with Gasteiger partial charge in [-0.1, -0.05) is 36.8 Å². The number of benzene rings is 1. The zero-order chi connectivity index (χ0) is 15.4. The average Bonchev–Trinajstić information content (AvgIpc) is 3.01. The van der Waals surface area contributed by atoms with Crippen molar-refractivity contribution in [2.24, 2.45) is 11.7 Å². The molecule has 3 nitrogen and oxygen atoms in total. The first-order valence-corrected chi connectivity index (χ1v) is 8.84. The number of nitrogens with two attached hydrogens (primary N) is 1. The Morgan fingerprint density at radius 1 is 1.14 bits per heavy atom. The number of amides is 1. The van der Waals surface area contributed by atoms with E-state index < -0.39 is 0 Å². The second kappa shape index (κ2) is 7.28. The van der Waals surface area contributed by atoms with Crippen molar-refractivity contribution in [1.82, 2.24) is 4.90 Å². The van der Waals surface area contributed by atoms with E-state index in [0.29, 0.717) is 11.9 Å². The average molecular weight is 300 g/mol. The number of rotatable bonds is 4. The Bertz CT molecular complexity index is 487. The van der Waals surface area contributed by atoms with Gasteiger partial charge in [0.1, 0.15) is 0 Å². The van der Waals surface area contributed by atoms with Crippen LogP contribution in [-0.4, -0.2) is 29.4 Å². The molecule has 2 N–H and O–H groups in total. The van der Waals surface area contributed by atoms with Crippen molar-refractivity contribution >= 4 is 5.91 Å². The highest BCUT2D eigenvalue weighted by Crippen LogP contribution is 2.29. The first-order valence-electron chi connectivity index (χ1n) is 8.84. The summed E-state index contributed by atoms with van der Waals surface area (Å²) in [5, 5.41) is 0. The van der Waals surface area contributed by atoms with Gasteiger partial charge >= 0.3 is 0 Å². The van der Waals surface area contributed by atoms with Crippen LogP contribution >= 0.6 is 0 Å². The standard InChI is InChI=1S/C19H28N2O/c20-17-9-4-8-16(14-17)19(22)21-13-5-10-18(21)12-11-15-6-2-1-3-7-15/h1-3,6-7,16-18H,4-5,8-14,20H2/t16-,17+,18-/m0/s1. The maximum Gasteiger partial charge on any atom is 0.225 e. The molecule has 0 radical (unpaired) electrons. The molecule has 0 aromatic heterocycles. The minimum atomic E-state index is 0.182. The monoisotopic (exact) mass is 300 g/mol. The summed E-state index contributed by atoms with van der Waals surface area (Å²) >= 11 is 0. The number of carbonyl (C=O) groups is 1. The van der Waals surface area contributed by atoms with Crippen LogP contribution in [0, 0.1) is 5.92 Å². The molecule has 120 valence electrons. The van der Waals surface area contributed by atoms with Gasteiger partial charge in [-0.05, 0) is 50.5 Å². The van der Waals surface area contributed by atoms with Crippen LogP contribution in [0.5, 0.6) is 0 Å². The van der Waals surface area contributed by atoms with E-state index in [1.165, 1.54) is 5.56 Å². The Morgan fingerprint density at radius 2 is 1.95 bits per heavy atom. The van der Waals surface area contributed by atoms with E-state index in [9.17, 15) is 4.79 Å². The van der Waals surface area contributed by atoms with Gasteiger partial charge in [0.25, 0.3) is 0 Å². The molecule has 0 spiro atoms. The van der Waals surface area contributed by atoms with Crippen LogP contribution in [0.4, 0.5) is 0 Å². The van der Waals surface area contributed by atoms with Crippen molar-refractivity contribution in [3.05, 3.63) is 35.9 Å². The Hall–Kier alpha value is -1.35. The summed E-state index contributed by atoms with van der Waals surface area (Å²) in [5.74, 6) is 0.562. The fourth-order valence-corrected chi connectivity index (χ4v) is 4.09. The van der Waals surface area contributed by atoms with Crippen LogP contribution in [0.1, 0.15) is 50.5 Å². The van der Waals surface area contributed by atoms with E-state index in [4.69, 9.17) is 5.73 Å². The maximum atomic E-state index is 12.8. The van der Waals surface area contributed by atoms with Gasteiger partial charge < -0.3 is 10.6 Å². The molecule has 3 rings (SSSR count). The van der Waals surface area contributed by atoms with Gasteiger partial charge in [0, 0.05) is 24.5 Å². The molecule has 3 atom stereocenters. The fourth-order valence-electron chi connectivity index (χ4n) is 4.09. The molecule has 1 aromatic carbocycles. The Balaban J connectivity index is 1.56. The topological polar surface area (TPSA) is 46.3 Å². The molecule has 1 aliphatic carbocycles. The molecule has 3 heteroatoms. The lowest BCUT2D eigenvalue weighted by atomic mass is 9.85. The summed E-state index contributed by atoms with van der Waals surface area (Å²) < 4.78 is 0. The summed E-state index contributed by atoms with van der Waals surface area (Å²) in [5.41, 5.74) is 7.44. The van der Waals surface area contributed by atoms with E-state index in [0.717, 1.165) is 57.9 Å². The highest BCUT2D eigenvalue weighted by molar-refractivity contribution is 5.79. The molecule has 1 heterocycles. The van der Waals surface area contributed by atoms with Crippen LogP contribution in [-0.2, 0) is 11.2 Å². The summed E-state index contributed by atoms with van der Waals surface area (Å²) in [6, 6.07) is 11.3. The number of hydrogen-bond acceptors (Lipinski definition) is 2. The third-order valence-electron chi connectivity index (χ3n) is 5.33. The zero-order valence-electron chi connectivity index (χ0n) is 13.4. The van der Waals surface area contributed by atoms with Gasteiger partial charge in [0.15, 0.2) is 0 Å². The fraction of sp³-hybridized carbons (Fsp3) is 0.632. The first-order chi connectivity index (χ1) is 10.7. The summed E-state index contributed by atoms with van der Waals surface area (Å²) in [6.07, 6.45) is 8.60. The minimum Gasteiger partial charge on any atom is -0.339 e. The van der Waals surface area contributed by atoms with Crippen molar-refractivity contribution in [1.29, 1.82) is 0 Å². The van der Waals surface area contributed by atoms with Gasteiger partial charge in [-0.25, -0.2) is 0 Å². The van der Waals surface area contributed by atoms with E-state index in [1.54, 1.807) is 0 Å². The van der Waals surface area contributed by atoms with Gasteiger partial charge in [-0.15, -0.1) is 0 Å². The predicted molar refractivity (Wildman–Crippen MR) is 89.4 cm³/mol. The van der Waals surface area contributed by atoms with Crippen LogP contribution in [0.2, 0.25) is 0 Å². The minimum absolute atomic E-state index is 0.182. The summed E-state index contributed by atoms with van der Waals surface area (Å²) in [7, 11) is 0.